The molecule has 1 heterocycles. The molecule has 1 amide bonds. The van der Waals surface area contributed by atoms with Gasteiger partial charge < -0.3 is 15.4 Å². The van der Waals surface area contributed by atoms with Crippen molar-refractivity contribution in [2.75, 3.05) is 17.7 Å². The Morgan fingerprint density at radius 3 is 2.54 bits per heavy atom. The largest absolute Gasteiger partial charge is 0.495 e. The molecule has 2 N–H and O–H groups in total. The molecule has 0 atom stereocenters. The first-order valence-corrected chi connectivity index (χ1v) is 9.34. The van der Waals surface area contributed by atoms with Gasteiger partial charge in [0.05, 0.1) is 18.4 Å². The van der Waals surface area contributed by atoms with E-state index in [-0.39, 0.29) is 5.91 Å². The van der Waals surface area contributed by atoms with Gasteiger partial charge in [0, 0.05) is 12.2 Å². The summed E-state index contributed by atoms with van der Waals surface area (Å²) in [7, 11) is 1.59. The molecule has 1 aromatic heterocycles. The number of nitrogens with zero attached hydrogens (tertiary/aromatic N) is 1. The fourth-order valence-corrected chi connectivity index (χ4v) is 3.36. The highest BCUT2D eigenvalue weighted by molar-refractivity contribution is 6.05. The van der Waals surface area contributed by atoms with Crippen LogP contribution in [-0.2, 0) is 0 Å². The van der Waals surface area contributed by atoms with Crippen LogP contribution < -0.4 is 15.4 Å². The molecule has 0 bridgehead atoms. The van der Waals surface area contributed by atoms with E-state index < -0.39 is 0 Å². The normalized spacial score (nSPS) is 15.2. The molecule has 0 saturated heterocycles. The highest BCUT2D eigenvalue weighted by Crippen LogP contribution is 2.26. The molecule has 138 valence electrons. The van der Waals surface area contributed by atoms with Gasteiger partial charge in [-0.2, -0.15) is 0 Å². The van der Waals surface area contributed by atoms with Crippen molar-refractivity contribution in [3.8, 4) is 5.75 Å². The van der Waals surface area contributed by atoms with E-state index in [9.17, 15) is 4.79 Å². The van der Waals surface area contributed by atoms with Crippen molar-refractivity contribution in [2.45, 2.75) is 51.5 Å². The Morgan fingerprint density at radius 1 is 1.12 bits per heavy atom. The van der Waals surface area contributed by atoms with Crippen LogP contribution in [0.3, 0.4) is 0 Å². The third-order valence-electron chi connectivity index (χ3n) is 4.84. The summed E-state index contributed by atoms with van der Waals surface area (Å²) in [6.45, 7) is 1.98. The predicted octanol–water partition coefficient (Wildman–Crippen LogP) is 4.79. The van der Waals surface area contributed by atoms with Crippen LogP contribution >= 0.6 is 0 Å². The maximum absolute atomic E-state index is 12.5. The number of carbonyl (C=O) groups excluding carboxylic acids is 1. The van der Waals surface area contributed by atoms with E-state index in [2.05, 4.69) is 15.6 Å². The van der Waals surface area contributed by atoms with Crippen molar-refractivity contribution < 1.29 is 9.53 Å². The molecule has 5 nitrogen and oxygen atoms in total. The Hall–Kier alpha value is -2.56. The minimum absolute atomic E-state index is 0.192. The van der Waals surface area contributed by atoms with E-state index in [1.165, 1.54) is 38.5 Å². The number of amides is 1. The van der Waals surface area contributed by atoms with Gasteiger partial charge >= 0.3 is 0 Å². The molecule has 0 radical (unpaired) electrons. The second-order valence-electron chi connectivity index (χ2n) is 6.92. The molecule has 0 spiro atoms. The van der Waals surface area contributed by atoms with Gasteiger partial charge in [-0.1, -0.05) is 31.7 Å². The number of nitrogens with one attached hydrogen (secondary N) is 2. The molecule has 1 saturated carbocycles. The van der Waals surface area contributed by atoms with E-state index in [0.29, 0.717) is 23.0 Å². The monoisotopic (exact) mass is 353 g/mol. The zero-order valence-electron chi connectivity index (χ0n) is 15.5. The highest BCUT2D eigenvalue weighted by atomic mass is 16.5. The molecule has 2 aromatic rings. The van der Waals surface area contributed by atoms with Crippen molar-refractivity contribution in [3.05, 3.63) is 47.7 Å². The second-order valence-corrected chi connectivity index (χ2v) is 6.92. The van der Waals surface area contributed by atoms with Gasteiger partial charge in [-0.15, -0.1) is 0 Å². The fourth-order valence-electron chi connectivity index (χ4n) is 3.36. The predicted molar refractivity (Wildman–Crippen MR) is 105 cm³/mol. The number of aryl methyl sites for hydroxylation is 1. The van der Waals surface area contributed by atoms with Crippen LogP contribution in [0.5, 0.6) is 5.75 Å². The van der Waals surface area contributed by atoms with Crippen molar-refractivity contribution in [1.29, 1.82) is 0 Å². The lowest BCUT2D eigenvalue weighted by molar-refractivity contribution is 0.102. The molecule has 1 fully saturated rings. The molecule has 5 heteroatoms. The number of ether oxygens (including phenoxy) is 1. The molecular weight excluding hydrogens is 326 g/mol. The van der Waals surface area contributed by atoms with Crippen LogP contribution in [0, 0.1) is 6.92 Å². The molecule has 26 heavy (non-hydrogen) atoms. The number of aromatic nitrogens is 1. The molecule has 1 aromatic carbocycles. The Morgan fingerprint density at radius 2 is 1.88 bits per heavy atom. The molecule has 3 rings (SSSR count). The zero-order chi connectivity index (χ0) is 18.4. The van der Waals surface area contributed by atoms with Crippen molar-refractivity contribution in [3.63, 3.8) is 0 Å². The number of rotatable bonds is 5. The van der Waals surface area contributed by atoms with Gasteiger partial charge in [-0.05, 0) is 49.6 Å². The summed E-state index contributed by atoms with van der Waals surface area (Å²) >= 11 is 0. The Bertz CT molecular complexity index is 735. The van der Waals surface area contributed by atoms with Crippen LogP contribution in [-0.4, -0.2) is 24.0 Å². The summed E-state index contributed by atoms with van der Waals surface area (Å²) < 4.78 is 5.31. The minimum atomic E-state index is -0.192. The summed E-state index contributed by atoms with van der Waals surface area (Å²) in [6.07, 6.45) is 9.21. The standard InChI is InChI=1S/C21H27N3O2/c1-15-9-11-19(26-2)18(13-15)24-21(25)16-10-12-20(22-14-16)23-17-7-5-3-4-6-8-17/h9-14,17H,3-8H2,1-2H3,(H,22,23)(H,24,25). The van der Waals surface area contributed by atoms with E-state index in [1.54, 1.807) is 13.3 Å². The maximum Gasteiger partial charge on any atom is 0.257 e. The molecule has 1 aliphatic carbocycles. The zero-order valence-corrected chi connectivity index (χ0v) is 15.5. The average Bonchev–Trinajstić information content (AvgIpc) is 2.91. The first kappa shape index (κ1) is 18.2. The van der Waals surface area contributed by atoms with Gasteiger partial charge in [0.1, 0.15) is 11.6 Å². The number of pyridine rings is 1. The first-order valence-electron chi connectivity index (χ1n) is 9.34. The Balaban J connectivity index is 1.64. The van der Waals surface area contributed by atoms with Crippen molar-refractivity contribution >= 4 is 17.4 Å². The van der Waals surface area contributed by atoms with Crippen LogP contribution in [0.4, 0.5) is 11.5 Å². The molecule has 0 unspecified atom stereocenters. The van der Waals surface area contributed by atoms with Gasteiger partial charge in [0.15, 0.2) is 0 Å². The van der Waals surface area contributed by atoms with E-state index in [0.717, 1.165) is 11.4 Å². The lowest BCUT2D eigenvalue weighted by Gasteiger charge is -2.17. The Kier molecular flexibility index (Phi) is 6.10. The number of benzene rings is 1. The summed E-state index contributed by atoms with van der Waals surface area (Å²) in [5, 5.41) is 6.40. The summed E-state index contributed by atoms with van der Waals surface area (Å²) in [5.74, 6) is 1.28. The SMILES string of the molecule is COc1ccc(C)cc1NC(=O)c1ccc(NC2CCCCCC2)nc1. The quantitative estimate of drug-likeness (QED) is 0.759. The fraction of sp³-hybridized carbons (Fsp3) is 0.429. The number of hydrogen-bond donors (Lipinski definition) is 2. The van der Waals surface area contributed by atoms with Crippen molar-refractivity contribution in [1.82, 2.24) is 4.98 Å². The van der Waals surface area contributed by atoms with Gasteiger partial charge in [0.25, 0.3) is 5.91 Å². The van der Waals surface area contributed by atoms with Crippen molar-refractivity contribution in [2.24, 2.45) is 0 Å². The molecule has 0 aliphatic heterocycles. The van der Waals surface area contributed by atoms with Gasteiger partial charge in [0.2, 0.25) is 0 Å². The third-order valence-corrected chi connectivity index (χ3v) is 4.84. The maximum atomic E-state index is 12.5. The number of methoxy groups -OCH3 is 1. The second kappa shape index (κ2) is 8.70. The summed E-state index contributed by atoms with van der Waals surface area (Å²) in [5.41, 5.74) is 2.25. The number of anilines is 2. The van der Waals surface area contributed by atoms with Crippen LogP contribution in [0.15, 0.2) is 36.5 Å². The number of hydrogen-bond acceptors (Lipinski definition) is 4. The minimum Gasteiger partial charge on any atom is -0.495 e. The van der Waals surface area contributed by atoms with E-state index in [1.807, 2.05) is 37.3 Å². The van der Waals surface area contributed by atoms with E-state index >= 15 is 0 Å². The lowest BCUT2D eigenvalue weighted by atomic mass is 10.1. The molecular formula is C21H27N3O2. The third kappa shape index (κ3) is 4.75. The first-order chi connectivity index (χ1) is 12.7. The summed E-state index contributed by atoms with van der Waals surface area (Å²) in [6, 6.07) is 9.87. The lowest BCUT2D eigenvalue weighted by Crippen LogP contribution is -2.19. The topological polar surface area (TPSA) is 63.2 Å². The smallest absolute Gasteiger partial charge is 0.257 e. The number of carbonyl (C=O) groups is 1. The van der Waals surface area contributed by atoms with Crippen LogP contribution in [0.2, 0.25) is 0 Å². The Labute approximate surface area is 155 Å². The molecule has 1 aliphatic rings. The van der Waals surface area contributed by atoms with Gasteiger partial charge in [-0.25, -0.2) is 4.98 Å². The van der Waals surface area contributed by atoms with Crippen LogP contribution in [0.1, 0.15) is 54.4 Å². The average molecular weight is 353 g/mol. The summed E-state index contributed by atoms with van der Waals surface area (Å²) in [4.78, 5) is 16.9. The van der Waals surface area contributed by atoms with Crippen LogP contribution in [0.25, 0.3) is 0 Å². The van der Waals surface area contributed by atoms with E-state index in [4.69, 9.17) is 4.74 Å². The van der Waals surface area contributed by atoms with Gasteiger partial charge in [-0.3, -0.25) is 4.79 Å². The highest BCUT2D eigenvalue weighted by Gasteiger charge is 2.14.